The number of nitrogens with zero attached hydrogens (tertiary/aromatic N) is 2. The minimum absolute atomic E-state index is 0.0278. The normalized spacial score (nSPS) is 17.6. The highest BCUT2D eigenvalue weighted by Crippen LogP contribution is 2.17. The molecule has 1 aliphatic heterocycles. The number of amides is 1. The van der Waals surface area contributed by atoms with E-state index in [0.717, 1.165) is 42.7 Å². The van der Waals surface area contributed by atoms with Gasteiger partial charge in [0.1, 0.15) is 5.75 Å². The van der Waals surface area contributed by atoms with Crippen molar-refractivity contribution in [2.24, 2.45) is 4.99 Å². The van der Waals surface area contributed by atoms with E-state index in [1.807, 2.05) is 30.3 Å². The van der Waals surface area contributed by atoms with Gasteiger partial charge >= 0.3 is 0 Å². The van der Waals surface area contributed by atoms with Gasteiger partial charge in [-0.2, -0.15) is 0 Å². The maximum absolute atomic E-state index is 12.4. The summed E-state index contributed by atoms with van der Waals surface area (Å²) in [6.07, 6.45) is 8.58. The molecule has 2 aromatic rings. The van der Waals surface area contributed by atoms with Gasteiger partial charge in [0.05, 0.1) is 4.53 Å². The minimum Gasteiger partial charge on any atom is -0.484 e. The van der Waals surface area contributed by atoms with Gasteiger partial charge in [-0.25, -0.2) is 0 Å². The minimum atomic E-state index is -0.0662. The molecular formula is C21H25N3O3S. The topological polar surface area (TPSA) is 72.7 Å². The van der Waals surface area contributed by atoms with Crippen LogP contribution in [0.5, 0.6) is 5.75 Å². The van der Waals surface area contributed by atoms with Gasteiger partial charge in [0.15, 0.2) is 11.4 Å². The number of carbonyl (C=O) groups is 1. The maximum Gasteiger partial charge on any atom is 0.270 e. The van der Waals surface area contributed by atoms with E-state index in [1.165, 1.54) is 30.6 Å². The summed E-state index contributed by atoms with van der Waals surface area (Å²) in [5, 5.41) is 3.05. The van der Waals surface area contributed by atoms with Crippen molar-refractivity contribution in [3.63, 3.8) is 0 Å². The molecule has 4 rings (SSSR count). The lowest BCUT2D eigenvalue weighted by atomic mass is 9.95. The van der Waals surface area contributed by atoms with Gasteiger partial charge in [0, 0.05) is 19.1 Å². The third kappa shape index (κ3) is 4.52. The standard InChI is InChI=1S/C21H25N3O3S/c25-19(23-16-5-2-1-3-6-16)14-27-17-9-7-15(8-10-17)13-18-20(26)24-12-4-11-22-21(24)28-18/h7-10,13,16H,1-6,11-12,14H2,(H,23,25)/b18-13+. The molecule has 2 heterocycles. The molecule has 0 saturated heterocycles. The molecule has 0 atom stereocenters. The van der Waals surface area contributed by atoms with E-state index < -0.39 is 0 Å². The maximum atomic E-state index is 12.4. The monoisotopic (exact) mass is 399 g/mol. The van der Waals surface area contributed by atoms with Crippen LogP contribution < -0.4 is 24.9 Å². The Hall–Kier alpha value is -2.41. The predicted octanol–water partition coefficient (Wildman–Crippen LogP) is 1.59. The van der Waals surface area contributed by atoms with Crippen LogP contribution in [0, 0.1) is 0 Å². The van der Waals surface area contributed by atoms with Gasteiger partial charge in [0.2, 0.25) is 0 Å². The van der Waals surface area contributed by atoms with E-state index >= 15 is 0 Å². The largest absolute Gasteiger partial charge is 0.484 e. The summed E-state index contributed by atoms with van der Waals surface area (Å²) in [7, 11) is 0. The van der Waals surface area contributed by atoms with Gasteiger partial charge in [0.25, 0.3) is 11.5 Å². The van der Waals surface area contributed by atoms with Crippen molar-refractivity contribution in [2.75, 3.05) is 13.2 Å². The first-order valence-electron chi connectivity index (χ1n) is 9.97. The molecule has 1 N–H and O–H groups in total. The molecule has 1 aromatic carbocycles. The van der Waals surface area contributed by atoms with Crippen LogP contribution in [-0.4, -0.2) is 29.7 Å². The number of carbonyl (C=O) groups excluding carboxylic acids is 1. The Balaban J connectivity index is 1.37. The fourth-order valence-corrected chi connectivity index (χ4v) is 4.73. The van der Waals surface area contributed by atoms with E-state index in [0.29, 0.717) is 16.3 Å². The lowest BCUT2D eigenvalue weighted by Crippen LogP contribution is -2.38. The molecule has 1 aliphatic carbocycles. The third-order valence-corrected chi connectivity index (χ3v) is 6.24. The second-order valence-corrected chi connectivity index (χ2v) is 8.35. The average molecular weight is 400 g/mol. The Labute approximate surface area is 167 Å². The zero-order valence-corrected chi connectivity index (χ0v) is 16.7. The van der Waals surface area contributed by atoms with Crippen LogP contribution in [0.2, 0.25) is 0 Å². The number of benzene rings is 1. The van der Waals surface area contributed by atoms with E-state index in [9.17, 15) is 9.59 Å². The number of nitrogens with one attached hydrogen (secondary N) is 1. The molecule has 0 radical (unpaired) electrons. The third-order valence-electron chi connectivity index (χ3n) is 5.19. The molecular weight excluding hydrogens is 374 g/mol. The van der Waals surface area contributed by atoms with Crippen molar-refractivity contribution in [1.82, 2.24) is 9.88 Å². The molecule has 0 spiro atoms. The van der Waals surface area contributed by atoms with Crippen LogP contribution in [0.15, 0.2) is 34.1 Å². The summed E-state index contributed by atoms with van der Waals surface area (Å²) in [5.74, 6) is 0.580. The fourth-order valence-electron chi connectivity index (χ4n) is 3.70. The Bertz CT molecular complexity index is 1000. The fraction of sp³-hybridized carbons (Fsp3) is 0.476. The molecule has 148 valence electrons. The number of fused-ring (bicyclic) bond motifs is 1. The van der Waals surface area contributed by atoms with Gasteiger partial charge in [-0.3, -0.25) is 19.1 Å². The Morgan fingerprint density at radius 3 is 2.75 bits per heavy atom. The van der Waals surface area contributed by atoms with Crippen LogP contribution in [0.1, 0.15) is 44.1 Å². The first-order chi connectivity index (χ1) is 13.7. The zero-order chi connectivity index (χ0) is 19.3. The summed E-state index contributed by atoms with van der Waals surface area (Å²) in [6.45, 7) is 1.57. The molecule has 1 fully saturated rings. The lowest BCUT2D eigenvalue weighted by molar-refractivity contribution is -0.124. The summed E-state index contributed by atoms with van der Waals surface area (Å²) in [5.41, 5.74) is 0.957. The number of hydrogen-bond acceptors (Lipinski definition) is 5. The first kappa shape index (κ1) is 18.9. The quantitative estimate of drug-likeness (QED) is 0.830. The van der Waals surface area contributed by atoms with Crippen molar-refractivity contribution < 1.29 is 9.53 Å². The second kappa shape index (κ2) is 8.73. The van der Waals surface area contributed by atoms with E-state index in [4.69, 9.17) is 4.74 Å². The molecule has 7 heteroatoms. The van der Waals surface area contributed by atoms with Gasteiger partial charge < -0.3 is 10.1 Å². The zero-order valence-electron chi connectivity index (χ0n) is 15.9. The Morgan fingerprint density at radius 2 is 2.00 bits per heavy atom. The van der Waals surface area contributed by atoms with Crippen LogP contribution in [0.25, 0.3) is 6.08 Å². The van der Waals surface area contributed by atoms with Crippen LogP contribution in [0.4, 0.5) is 0 Å². The van der Waals surface area contributed by atoms with Crippen molar-refractivity contribution in [1.29, 1.82) is 0 Å². The van der Waals surface area contributed by atoms with Gasteiger partial charge in [-0.05, 0) is 43.0 Å². The highest BCUT2D eigenvalue weighted by Gasteiger charge is 2.15. The number of aromatic nitrogens is 1. The van der Waals surface area contributed by atoms with Crippen LogP contribution >= 0.6 is 11.3 Å². The smallest absolute Gasteiger partial charge is 0.270 e. The molecule has 2 aliphatic rings. The van der Waals surface area contributed by atoms with Crippen molar-refractivity contribution in [3.05, 3.63) is 49.5 Å². The number of thiazole rings is 1. The number of hydrogen-bond donors (Lipinski definition) is 1. The Kier molecular flexibility index (Phi) is 5.90. The van der Waals surface area contributed by atoms with Crippen LogP contribution in [0.3, 0.4) is 0 Å². The molecule has 0 unspecified atom stereocenters. The highest BCUT2D eigenvalue weighted by atomic mass is 32.1. The first-order valence-corrected chi connectivity index (χ1v) is 10.8. The number of ether oxygens (including phenoxy) is 1. The van der Waals surface area contributed by atoms with Crippen LogP contribution in [-0.2, 0) is 11.3 Å². The van der Waals surface area contributed by atoms with Crippen molar-refractivity contribution in [3.8, 4) is 5.75 Å². The molecule has 0 bridgehead atoms. The van der Waals surface area contributed by atoms with E-state index in [1.54, 1.807) is 4.57 Å². The second-order valence-electron chi connectivity index (χ2n) is 7.35. The van der Waals surface area contributed by atoms with Crippen molar-refractivity contribution >= 4 is 23.3 Å². The van der Waals surface area contributed by atoms with Gasteiger partial charge in [-0.1, -0.05) is 42.7 Å². The molecule has 1 amide bonds. The summed E-state index contributed by atoms with van der Waals surface area (Å²) in [4.78, 5) is 29.7. The summed E-state index contributed by atoms with van der Waals surface area (Å²) < 4.78 is 8.05. The van der Waals surface area contributed by atoms with E-state index in [2.05, 4.69) is 10.3 Å². The van der Waals surface area contributed by atoms with E-state index in [-0.39, 0.29) is 18.1 Å². The number of rotatable bonds is 5. The molecule has 6 nitrogen and oxygen atoms in total. The lowest BCUT2D eigenvalue weighted by Gasteiger charge is -2.22. The SMILES string of the molecule is O=C(COc1ccc(/C=c2/sc3n(c2=O)CCCN=3)cc1)NC1CCCCC1. The Morgan fingerprint density at radius 1 is 1.21 bits per heavy atom. The highest BCUT2D eigenvalue weighted by molar-refractivity contribution is 7.07. The average Bonchev–Trinajstić information content (AvgIpc) is 3.04. The molecule has 1 saturated carbocycles. The van der Waals surface area contributed by atoms with Gasteiger partial charge in [-0.15, -0.1) is 0 Å². The molecule has 28 heavy (non-hydrogen) atoms. The van der Waals surface area contributed by atoms with Crippen molar-refractivity contribution in [2.45, 2.75) is 51.1 Å². The summed E-state index contributed by atoms with van der Waals surface area (Å²) in [6, 6.07) is 7.75. The summed E-state index contributed by atoms with van der Waals surface area (Å²) >= 11 is 1.44. The predicted molar refractivity (Wildman–Crippen MR) is 109 cm³/mol. The molecule has 1 aromatic heterocycles.